The zero-order chi connectivity index (χ0) is 22.5. The quantitative estimate of drug-likeness (QED) is 0.469. The van der Waals surface area contributed by atoms with Gasteiger partial charge in [0.25, 0.3) is 11.8 Å². The number of benzene rings is 2. The van der Waals surface area contributed by atoms with Gasteiger partial charge in [-0.3, -0.25) is 14.6 Å². The highest BCUT2D eigenvalue weighted by molar-refractivity contribution is 6.30. The zero-order valence-corrected chi connectivity index (χ0v) is 17.9. The second-order valence-electron chi connectivity index (χ2n) is 6.94. The average Bonchev–Trinajstić information content (AvgIpc) is 3.20. The van der Waals surface area contributed by atoms with Gasteiger partial charge < -0.3 is 10.6 Å². The maximum atomic E-state index is 12.8. The molecule has 2 amide bonds. The lowest BCUT2D eigenvalue weighted by atomic mass is 10.2. The highest BCUT2D eigenvalue weighted by Crippen LogP contribution is 2.16. The molecule has 0 atom stereocenters. The second kappa shape index (κ2) is 9.40. The van der Waals surface area contributed by atoms with Crippen LogP contribution < -0.4 is 10.6 Å². The zero-order valence-electron chi connectivity index (χ0n) is 17.1. The molecule has 0 spiro atoms. The molecule has 2 aromatic heterocycles. The molecule has 0 saturated heterocycles. The van der Waals surface area contributed by atoms with E-state index in [1.54, 1.807) is 61.7 Å². The monoisotopic (exact) mass is 446 g/mol. The third kappa shape index (κ3) is 4.98. The van der Waals surface area contributed by atoms with Crippen LogP contribution in [0, 0.1) is 6.92 Å². The van der Waals surface area contributed by atoms with Gasteiger partial charge in [0, 0.05) is 22.5 Å². The Balaban J connectivity index is 1.45. The summed E-state index contributed by atoms with van der Waals surface area (Å²) in [6.45, 7) is 2.01. The highest BCUT2D eigenvalue weighted by atomic mass is 35.5. The van der Waals surface area contributed by atoms with Crippen molar-refractivity contribution in [3.05, 3.63) is 101 Å². The molecule has 0 aliphatic carbocycles. The minimum Gasteiger partial charge on any atom is -0.346 e. The highest BCUT2D eigenvalue weighted by Gasteiger charge is 2.17. The van der Waals surface area contributed by atoms with Gasteiger partial charge in [0.1, 0.15) is 0 Å². The van der Waals surface area contributed by atoms with Crippen molar-refractivity contribution in [3.63, 3.8) is 0 Å². The summed E-state index contributed by atoms with van der Waals surface area (Å²) in [6.07, 6.45) is 1.67. The molecule has 0 saturated carbocycles. The number of nitrogens with zero attached hydrogens (tertiary/aromatic N) is 4. The van der Waals surface area contributed by atoms with Crippen LogP contribution in [0.25, 0.3) is 5.69 Å². The van der Waals surface area contributed by atoms with Gasteiger partial charge in [-0.1, -0.05) is 29.8 Å². The largest absolute Gasteiger partial charge is 0.346 e. The molecule has 2 N–H and O–H groups in total. The number of rotatable bonds is 6. The van der Waals surface area contributed by atoms with Crippen LogP contribution in [0.1, 0.15) is 32.2 Å². The molecular weight excluding hydrogens is 428 g/mol. The molecule has 0 bridgehead atoms. The maximum absolute atomic E-state index is 12.8. The number of anilines is 1. The van der Waals surface area contributed by atoms with Crippen LogP contribution in [0.5, 0.6) is 0 Å². The second-order valence-corrected chi connectivity index (χ2v) is 7.38. The van der Waals surface area contributed by atoms with Crippen molar-refractivity contribution in [2.45, 2.75) is 13.5 Å². The minimum absolute atomic E-state index is 0.176. The van der Waals surface area contributed by atoms with Crippen LogP contribution in [-0.4, -0.2) is 31.8 Å². The first-order valence-electron chi connectivity index (χ1n) is 9.79. The predicted octanol–water partition coefficient (Wildman–Crippen LogP) is 3.81. The number of aromatic nitrogens is 4. The van der Waals surface area contributed by atoms with Crippen molar-refractivity contribution in [1.29, 1.82) is 0 Å². The summed E-state index contributed by atoms with van der Waals surface area (Å²) in [5, 5.41) is 14.7. The minimum atomic E-state index is -0.429. The van der Waals surface area contributed by atoms with E-state index in [4.69, 9.17) is 11.6 Å². The molecular formula is C23H19ClN6O2. The Morgan fingerprint density at radius 3 is 2.59 bits per heavy atom. The summed E-state index contributed by atoms with van der Waals surface area (Å²) in [4.78, 5) is 30.8. The Morgan fingerprint density at radius 2 is 1.81 bits per heavy atom. The number of hydrogen-bond donors (Lipinski definition) is 2. The van der Waals surface area contributed by atoms with Gasteiger partial charge in [-0.25, -0.2) is 0 Å². The number of pyridine rings is 1. The topological polar surface area (TPSA) is 102 Å². The van der Waals surface area contributed by atoms with Crippen LogP contribution >= 0.6 is 11.6 Å². The smallest absolute Gasteiger partial charge is 0.278 e. The predicted molar refractivity (Wildman–Crippen MR) is 121 cm³/mol. The molecule has 0 fully saturated rings. The molecule has 2 heterocycles. The van der Waals surface area contributed by atoms with Crippen LogP contribution in [-0.2, 0) is 6.54 Å². The van der Waals surface area contributed by atoms with E-state index < -0.39 is 5.91 Å². The number of halogens is 1. The summed E-state index contributed by atoms with van der Waals surface area (Å²) in [7, 11) is 0. The van der Waals surface area contributed by atoms with Crippen LogP contribution in [0.3, 0.4) is 0 Å². The molecule has 2 aromatic carbocycles. The maximum Gasteiger partial charge on any atom is 0.278 e. The van der Waals surface area contributed by atoms with Gasteiger partial charge in [-0.15, -0.1) is 5.10 Å². The summed E-state index contributed by atoms with van der Waals surface area (Å²) in [6, 6.07) is 19.2. The molecule has 32 heavy (non-hydrogen) atoms. The third-order valence-electron chi connectivity index (χ3n) is 4.58. The van der Waals surface area contributed by atoms with E-state index in [-0.39, 0.29) is 11.6 Å². The average molecular weight is 447 g/mol. The molecule has 0 aliphatic heterocycles. The molecule has 8 nitrogen and oxygen atoms in total. The molecule has 4 aromatic rings. The number of aryl methyl sites for hydroxylation is 1. The lowest BCUT2D eigenvalue weighted by Crippen LogP contribution is -2.23. The Bertz CT molecular complexity index is 1270. The van der Waals surface area contributed by atoms with Crippen LogP contribution in [0.4, 0.5) is 5.69 Å². The molecule has 160 valence electrons. The fourth-order valence-electron chi connectivity index (χ4n) is 3.01. The van der Waals surface area contributed by atoms with Crippen molar-refractivity contribution < 1.29 is 9.59 Å². The van der Waals surface area contributed by atoms with Crippen molar-refractivity contribution in [3.8, 4) is 5.69 Å². The normalized spacial score (nSPS) is 10.6. The van der Waals surface area contributed by atoms with Gasteiger partial charge in [0.05, 0.1) is 23.6 Å². The molecule has 9 heteroatoms. The first-order valence-corrected chi connectivity index (χ1v) is 10.2. The summed E-state index contributed by atoms with van der Waals surface area (Å²) >= 11 is 6.02. The van der Waals surface area contributed by atoms with Crippen LogP contribution in [0.15, 0.2) is 72.9 Å². The number of hydrogen-bond acceptors (Lipinski definition) is 5. The van der Waals surface area contributed by atoms with Crippen molar-refractivity contribution in [2.24, 2.45) is 0 Å². The number of carbonyl (C=O) groups excluding carboxylic acids is 2. The lowest BCUT2D eigenvalue weighted by molar-refractivity contribution is 0.0949. The standard InChI is InChI=1S/C23H19ClN6O2/c1-15-21(29-30(28-15)20-10-5-7-17(24)13-20)23(32)27-18-9-4-6-16(12-18)22(31)26-14-19-8-2-3-11-25-19/h2-13H,14H2,1H3,(H,26,31)(H,27,32). The van der Waals surface area contributed by atoms with E-state index in [0.29, 0.717) is 34.2 Å². The Morgan fingerprint density at radius 1 is 0.969 bits per heavy atom. The molecule has 0 radical (unpaired) electrons. The van der Waals surface area contributed by atoms with Gasteiger partial charge >= 0.3 is 0 Å². The van der Waals surface area contributed by atoms with Crippen molar-refractivity contribution in [1.82, 2.24) is 25.3 Å². The van der Waals surface area contributed by atoms with E-state index in [9.17, 15) is 9.59 Å². The van der Waals surface area contributed by atoms with E-state index >= 15 is 0 Å². The molecule has 0 unspecified atom stereocenters. The summed E-state index contributed by atoms with van der Waals surface area (Å²) in [5.74, 6) is -0.698. The van der Waals surface area contributed by atoms with E-state index in [0.717, 1.165) is 5.69 Å². The Kier molecular flexibility index (Phi) is 6.23. The molecule has 4 rings (SSSR count). The molecule has 0 aliphatic rings. The fraction of sp³-hybridized carbons (Fsp3) is 0.0870. The van der Waals surface area contributed by atoms with Gasteiger partial charge in [0.2, 0.25) is 0 Å². The van der Waals surface area contributed by atoms with Gasteiger partial charge in [-0.2, -0.15) is 9.90 Å². The number of amides is 2. The number of carbonyl (C=O) groups is 2. The van der Waals surface area contributed by atoms with E-state index in [1.165, 1.54) is 4.80 Å². The SMILES string of the molecule is Cc1nn(-c2cccc(Cl)c2)nc1C(=O)Nc1cccc(C(=O)NCc2ccccn2)c1. The van der Waals surface area contributed by atoms with Crippen molar-refractivity contribution >= 4 is 29.1 Å². The Hall–Kier alpha value is -4.04. The summed E-state index contributed by atoms with van der Waals surface area (Å²) < 4.78 is 0. The third-order valence-corrected chi connectivity index (χ3v) is 4.81. The Labute approximate surface area is 189 Å². The first-order chi connectivity index (χ1) is 15.5. The first kappa shape index (κ1) is 21.2. The lowest BCUT2D eigenvalue weighted by Gasteiger charge is -2.08. The van der Waals surface area contributed by atoms with Gasteiger partial charge in [0.15, 0.2) is 5.69 Å². The summed E-state index contributed by atoms with van der Waals surface area (Å²) in [5.41, 5.74) is 2.92. The van der Waals surface area contributed by atoms with Gasteiger partial charge in [-0.05, 0) is 55.5 Å². The van der Waals surface area contributed by atoms with Crippen LogP contribution in [0.2, 0.25) is 5.02 Å². The fourth-order valence-corrected chi connectivity index (χ4v) is 3.19. The van der Waals surface area contributed by atoms with E-state index in [1.807, 2.05) is 18.2 Å². The van der Waals surface area contributed by atoms with Crippen molar-refractivity contribution in [2.75, 3.05) is 5.32 Å². The van der Waals surface area contributed by atoms with E-state index in [2.05, 4.69) is 25.8 Å². The number of nitrogens with one attached hydrogen (secondary N) is 2.